The molecule has 0 aliphatic rings. The van der Waals surface area contributed by atoms with Crippen molar-refractivity contribution in [2.75, 3.05) is 11.1 Å². The zero-order valence-corrected chi connectivity index (χ0v) is 9.98. The maximum atomic E-state index is 13.0. The van der Waals surface area contributed by atoms with E-state index in [1.165, 1.54) is 12.1 Å². The van der Waals surface area contributed by atoms with Gasteiger partial charge >= 0.3 is 0 Å². The molecule has 0 spiro atoms. The van der Waals surface area contributed by atoms with Gasteiger partial charge in [-0.3, -0.25) is 4.79 Å². The second kappa shape index (κ2) is 5.23. The highest BCUT2D eigenvalue weighted by molar-refractivity contribution is 6.04. The lowest BCUT2D eigenvalue weighted by Gasteiger charge is -2.06. The smallest absolute Gasteiger partial charge is 0.255 e. The first kappa shape index (κ1) is 12.7. The van der Waals surface area contributed by atoms with E-state index in [9.17, 15) is 9.18 Å². The number of terminal acetylenes is 1. The number of nitrogens with one attached hydrogen (secondary N) is 1. The van der Waals surface area contributed by atoms with Crippen LogP contribution in [0, 0.1) is 18.2 Å². The summed E-state index contributed by atoms with van der Waals surface area (Å²) in [5.74, 6) is 1.55. The van der Waals surface area contributed by atoms with Gasteiger partial charge in [0.15, 0.2) is 0 Å². The Morgan fingerprint density at radius 2 is 2.05 bits per heavy atom. The second-order valence-electron chi connectivity index (χ2n) is 3.92. The predicted molar refractivity (Wildman–Crippen MR) is 73.1 cm³/mol. The van der Waals surface area contributed by atoms with Gasteiger partial charge in [0.2, 0.25) is 0 Å². The molecule has 0 atom stereocenters. The summed E-state index contributed by atoms with van der Waals surface area (Å²) in [5, 5.41) is 2.67. The first-order valence-corrected chi connectivity index (χ1v) is 5.53. The minimum atomic E-state index is -0.550. The molecule has 0 heterocycles. The molecule has 0 radical (unpaired) electrons. The van der Waals surface area contributed by atoms with Crippen LogP contribution in [0.5, 0.6) is 0 Å². The Morgan fingerprint density at radius 3 is 2.74 bits per heavy atom. The number of hydrogen-bond donors (Lipinski definition) is 2. The summed E-state index contributed by atoms with van der Waals surface area (Å²) in [6, 6.07) is 10.7. The van der Waals surface area contributed by atoms with E-state index in [0.29, 0.717) is 11.3 Å². The number of carbonyl (C=O) groups is 1. The molecular weight excluding hydrogens is 243 g/mol. The summed E-state index contributed by atoms with van der Waals surface area (Å²) < 4.78 is 13.0. The van der Waals surface area contributed by atoms with E-state index in [-0.39, 0.29) is 17.2 Å². The number of carbonyl (C=O) groups excluding carboxylic acids is 1. The van der Waals surface area contributed by atoms with Crippen LogP contribution < -0.4 is 11.1 Å². The van der Waals surface area contributed by atoms with E-state index >= 15 is 0 Å². The van der Waals surface area contributed by atoms with Crippen LogP contribution in [0.1, 0.15) is 15.9 Å². The van der Waals surface area contributed by atoms with Crippen LogP contribution >= 0.6 is 0 Å². The lowest BCUT2D eigenvalue weighted by Crippen LogP contribution is -2.12. The van der Waals surface area contributed by atoms with Crippen LogP contribution in [0.2, 0.25) is 0 Å². The van der Waals surface area contributed by atoms with Crippen molar-refractivity contribution >= 4 is 17.3 Å². The first-order chi connectivity index (χ1) is 9.10. The number of anilines is 2. The molecule has 19 heavy (non-hydrogen) atoms. The highest BCUT2D eigenvalue weighted by Gasteiger charge is 2.08. The molecule has 3 nitrogen and oxygen atoms in total. The summed E-state index contributed by atoms with van der Waals surface area (Å²) >= 11 is 0. The third-order valence-corrected chi connectivity index (χ3v) is 2.55. The molecule has 0 fully saturated rings. The third-order valence-electron chi connectivity index (χ3n) is 2.55. The lowest BCUT2D eigenvalue weighted by atomic mass is 10.1. The normalized spacial score (nSPS) is 9.68. The summed E-state index contributed by atoms with van der Waals surface area (Å²) in [7, 11) is 0. The molecule has 0 saturated carbocycles. The maximum Gasteiger partial charge on any atom is 0.255 e. The summed E-state index contributed by atoms with van der Waals surface area (Å²) in [5.41, 5.74) is 6.87. The van der Waals surface area contributed by atoms with E-state index in [2.05, 4.69) is 11.2 Å². The molecular formula is C15H11FN2O. The number of halogens is 1. The van der Waals surface area contributed by atoms with Crippen molar-refractivity contribution in [2.24, 2.45) is 0 Å². The van der Waals surface area contributed by atoms with Crippen molar-refractivity contribution in [3.05, 3.63) is 59.4 Å². The fourth-order valence-corrected chi connectivity index (χ4v) is 1.57. The highest BCUT2D eigenvalue weighted by atomic mass is 19.1. The molecule has 0 aliphatic carbocycles. The SMILES string of the molecule is C#Cc1cccc(NC(=O)c2ccc(F)c(N)c2)c1. The third kappa shape index (κ3) is 2.90. The van der Waals surface area contributed by atoms with Crippen LogP contribution in [-0.4, -0.2) is 5.91 Å². The van der Waals surface area contributed by atoms with Crippen LogP contribution in [-0.2, 0) is 0 Å². The van der Waals surface area contributed by atoms with E-state index in [1.54, 1.807) is 24.3 Å². The minimum Gasteiger partial charge on any atom is -0.396 e. The molecule has 0 saturated heterocycles. The minimum absolute atomic E-state index is 0.0648. The van der Waals surface area contributed by atoms with Gasteiger partial charge in [-0.05, 0) is 36.4 Å². The van der Waals surface area contributed by atoms with Gasteiger partial charge in [0, 0.05) is 16.8 Å². The molecule has 4 heteroatoms. The molecule has 3 N–H and O–H groups in total. The van der Waals surface area contributed by atoms with Gasteiger partial charge in [0.1, 0.15) is 5.82 Å². The fraction of sp³-hybridized carbons (Fsp3) is 0. The zero-order chi connectivity index (χ0) is 13.8. The van der Waals surface area contributed by atoms with E-state index in [4.69, 9.17) is 12.2 Å². The molecule has 0 aromatic heterocycles. The maximum absolute atomic E-state index is 13.0. The Kier molecular flexibility index (Phi) is 3.48. The van der Waals surface area contributed by atoms with Gasteiger partial charge in [-0.1, -0.05) is 12.0 Å². The summed E-state index contributed by atoms with van der Waals surface area (Å²) in [4.78, 5) is 11.9. The van der Waals surface area contributed by atoms with Gasteiger partial charge in [-0.15, -0.1) is 6.42 Å². The van der Waals surface area contributed by atoms with Gasteiger partial charge in [-0.25, -0.2) is 4.39 Å². The largest absolute Gasteiger partial charge is 0.396 e. The molecule has 0 bridgehead atoms. The standard InChI is InChI=1S/C15H11FN2O/c1-2-10-4-3-5-12(8-10)18-15(19)11-6-7-13(16)14(17)9-11/h1,3-9H,17H2,(H,18,19). The van der Waals surface area contributed by atoms with Gasteiger partial charge in [0.05, 0.1) is 5.69 Å². The zero-order valence-electron chi connectivity index (χ0n) is 9.98. The molecule has 2 aromatic rings. The van der Waals surface area contributed by atoms with E-state index in [0.717, 1.165) is 6.07 Å². The molecule has 2 aromatic carbocycles. The average molecular weight is 254 g/mol. The Morgan fingerprint density at radius 1 is 1.26 bits per heavy atom. The number of hydrogen-bond acceptors (Lipinski definition) is 2. The molecule has 1 amide bonds. The number of amides is 1. The van der Waals surface area contributed by atoms with Crippen LogP contribution in [0.15, 0.2) is 42.5 Å². The van der Waals surface area contributed by atoms with Gasteiger partial charge in [0.25, 0.3) is 5.91 Å². The second-order valence-corrected chi connectivity index (χ2v) is 3.92. The van der Waals surface area contributed by atoms with Crippen LogP contribution in [0.4, 0.5) is 15.8 Å². The Labute approximate surface area is 110 Å². The monoisotopic (exact) mass is 254 g/mol. The highest BCUT2D eigenvalue weighted by Crippen LogP contribution is 2.15. The van der Waals surface area contributed by atoms with Crippen molar-refractivity contribution in [2.45, 2.75) is 0 Å². The Hall–Kier alpha value is -2.80. The quantitative estimate of drug-likeness (QED) is 0.639. The molecule has 0 aliphatic heterocycles. The van der Waals surface area contributed by atoms with Crippen molar-refractivity contribution < 1.29 is 9.18 Å². The fourth-order valence-electron chi connectivity index (χ4n) is 1.57. The van der Waals surface area contributed by atoms with Gasteiger partial charge < -0.3 is 11.1 Å². The van der Waals surface area contributed by atoms with Crippen molar-refractivity contribution in [1.82, 2.24) is 0 Å². The summed E-state index contributed by atoms with van der Waals surface area (Å²) in [6.45, 7) is 0. The number of nitrogens with two attached hydrogens (primary N) is 1. The van der Waals surface area contributed by atoms with E-state index < -0.39 is 5.82 Å². The molecule has 2 rings (SSSR count). The molecule has 0 unspecified atom stereocenters. The number of nitrogen functional groups attached to an aromatic ring is 1. The topological polar surface area (TPSA) is 55.1 Å². The van der Waals surface area contributed by atoms with E-state index in [1.807, 2.05) is 0 Å². The summed E-state index contributed by atoms with van der Waals surface area (Å²) in [6.07, 6.45) is 5.28. The Bertz CT molecular complexity index is 674. The number of rotatable bonds is 2. The van der Waals surface area contributed by atoms with Crippen molar-refractivity contribution in [3.8, 4) is 12.3 Å². The Balaban J connectivity index is 2.21. The lowest BCUT2D eigenvalue weighted by molar-refractivity contribution is 0.102. The van der Waals surface area contributed by atoms with Crippen LogP contribution in [0.25, 0.3) is 0 Å². The van der Waals surface area contributed by atoms with Crippen molar-refractivity contribution in [3.63, 3.8) is 0 Å². The van der Waals surface area contributed by atoms with Crippen molar-refractivity contribution in [1.29, 1.82) is 0 Å². The molecule has 94 valence electrons. The average Bonchev–Trinajstić information content (AvgIpc) is 2.42. The number of benzene rings is 2. The first-order valence-electron chi connectivity index (χ1n) is 5.53. The van der Waals surface area contributed by atoms with Gasteiger partial charge in [-0.2, -0.15) is 0 Å². The predicted octanol–water partition coefficient (Wildman–Crippen LogP) is 2.64. The van der Waals surface area contributed by atoms with Crippen LogP contribution in [0.3, 0.4) is 0 Å².